The monoisotopic (exact) mass is 456 g/mol. The standard InChI is InChI=1S/C23H28N4O2S2/c1-2-28-19-6-3-4-7-20(19)29-18-11-13-25(14-12-18)16-26-23(30)27(17-9-10-17)22(24-26)21-8-5-15-31-21/h3-8,15,17-18H,2,9-14,16H2,1H3. The van der Waals surface area contributed by atoms with Gasteiger partial charge in [0.25, 0.3) is 0 Å². The van der Waals surface area contributed by atoms with E-state index >= 15 is 0 Å². The molecule has 0 N–H and O–H groups in total. The van der Waals surface area contributed by atoms with Gasteiger partial charge in [-0.1, -0.05) is 18.2 Å². The molecule has 6 nitrogen and oxygen atoms in total. The minimum absolute atomic E-state index is 0.205. The molecule has 0 atom stereocenters. The SMILES string of the molecule is CCOc1ccccc1OC1CCN(Cn2nc(-c3cccs3)n(C3CC3)c2=S)CC1. The van der Waals surface area contributed by atoms with Crippen LogP contribution >= 0.6 is 23.6 Å². The summed E-state index contributed by atoms with van der Waals surface area (Å²) >= 11 is 7.55. The molecule has 0 bridgehead atoms. The lowest BCUT2D eigenvalue weighted by Crippen LogP contribution is -2.39. The fraction of sp³-hybridized carbons (Fsp3) is 0.478. The number of para-hydroxylation sites is 2. The molecule has 0 unspecified atom stereocenters. The van der Waals surface area contributed by atoms with Crippen molar-refractivity contribution < 1.29 is 9.47 Å². The maximum atomic E-state index is 6.28. The lowest BCUT2D eigenvalue weighted by atomic mass is 10.1. The molecule has 3 heterocycles. The second-order valence-electron chi connectivity index (χ2n) is 8.14. The fourth-order valence-corrected chi connectivity index (χ4v) is 5.15. The van der Waals surface area contributed by atoms with E-state index in [1.807, 2.05) is 35.9 Å². The Balaban J connectivity index is 1.24. The van der Waals surface area contributed by atoms with Gasteiger partial charge in [0.05, 0.1) is 18.2 Å². The normalized spacial score (nSPS) is 17.7. The Kier molecular flexibility index (Phi) is 6.11. The summed E-state index contributed by atoms with van der Waals surface area (Å²) in [5.74, 6) is 2.69. The van der Waals surface area contributed by atoms with Gasteiger partial charge < -0.3 is 9.47 Å². The number of thiophene rings is 1. The molecule has 1 aliphatic carbocycles. The van der Waals surface area contributed by atoms with Crippen LogP contribution in [0.2, 0.25) is 0 Å². The molecule has 5 rings (SSSR count). The van der Waals surface area contributed by atoms with E-state index in [9.17, 15) is 0 Å². The summed E-state index contributed by atoms with van der Waals surface area (Å²) in [5, 5.41) is 7.02. The first-order valence-electron chi connectivity index (χ1n) is 11.1. The number of piperidine rings is 1. The predicted octanol–water partition coefficient (Wildman–Crippen LogP) is 5.38. The highest BCUT2D eigenvalue weighted by Gasteiger charge is 2.30. The summed E-state index contributed by atoms with van der Waals surface area (Å²) in [7, 11) is 0. The van der Waals surface area contributed by atoms with Crippen molar-refractivity contribution in [3.8, 4) is 22.2 Å². The molecule has 164 valence electrons. The van der Waals surface area contributed by atoms with E-state index in [-0.39, 0.29) is 6.10 Å². The molecule has 3 aromatic rings. The van der Waals surface area contributed by atoms with Crippen LogP contribution in [0.1, 0.15) is 38.6 Å². The van der Waals surface area contributed by atoms with E-state index in [4.69, 9.17) is 26.8 Å². The van der Waals surface area contributed by atoms with Crippen molar-refractivity contribution in [2.45, 2.75) is 51.4 Å². The van der Waals surface area contributed by atoms with Crippen LogP contribution in [-0.4, -0.2) is 45.0 Å². The van der Waals surface area contributed by atoms with Crippen LogP contribution in [0.4, 0.5) is 0 Å². The second kappa shape index (κ2) is 9.14. The number of rotatable bonds is 8. The van der Waals surface area contributed by atoms with E-state index in [1.54, 1.807) is 11.3 Å². The average Bonchev–Trinajstić information content (AvgIpc) is 3.36. The van der Waals surface area contributed by atoms with E-state index < -0.39 is 0 Å². The van der Waals surface area contributed by atoms with Gasteiger partial charge in [-0.05, 0) is 68.4 Å². The van der Waals surface area contributed by atoms with Crippen LogP contribution in [0.15, 0.2) is 41.8 Å². The highest BCUT2D eigenvalue weighted by molar-refractivity contribution is 7.71. The molecule has 0 radical (unpaired) electrons. The third-order valence-corrected chi connectivity index (χ3v) is 7.11. The molecule has 1 saturated heterocycles. The average molecular weight is 457 g/mol. The molecular formula is C23H28N4O2S2. The van der Waals surface area contributed by atoms with Crippen molar-refractivity contribution in [1.29, 1.82) is 0 Å². The summed E-state index contributed by atoms with van der Waals surface area (Å²) in [6.07, 6.45) is 4.56. The Morgan fingerprint density at radius 1 is 1.06 bits per heavy atom. The van der Waals surface area contributed by atoms with Crippen molar-refractivity contribution in [3.05, 3.63) is 46.5 Å². The van der Waals surface area contributed by atoms with Gasteiger partial charge in [0.1, 0.15) is 6.10 Å². The van der Waals surface area contributed by atoms with Crippen LogP contribution in [0.5, 0.6) is 11.5 Å². The van der Waals surface area contributed by atoms with Gasteiger partial charge in [-0.3, -0.25) is 9.47 Å². The molecular weight excluding hydrogens is 428 g/mol. The van der Waals surface area contributed by atoms with Crippen molar-refractivity contribution in [3.63, 3.8) is 0 Å². The lowest BCUT2D eigenvalue weighted by molar-refractivity contribution is 0.0778. The minimum Gasteiger partial charge on any atom is -0.490 e. The summed E-state index contributed by atoms with van der Waals surface area (Å²) < 4.78 is 17.1. The van der Waals surface area contributed by atoms with Crippen LogP contribution in [0.3, 0.4) is 0 Å². The number of hydrogen-bond acceptors (Lipinski definition) is 6. The molecule has 1 saturated carbocycles. The quantitative estimate of drug-likeness (QED) is 0.426. The van der Waals surface area contributed by atoms with Crippen molar-refractivity contribution in [2.75, 3.05) is 19.7 Å². The van der Waals surface area contributed by atoms with Gasteiger partial charge in [0, 0.05) is 19.1 Å². The number of benzene rings is 1. The van der Waals surface area contributed by atoms with E-state index in [1.165, 1.54) is 17.7 Å². The molecule has 1 aromatic carbocycles. The smallest absolute Gasteiger partial charge is 0.199 e. The topological polar surface area (TPSA) is 44.5 Å². The zero-order valence-electron chi connectivity index (χ0n) is 17.8. The molecule has 31 heavy (non-hydrogen) atoms. The van der Waals surface area contributed by atoms with Gasteiger partial charge in [-0.2, -0.15) is 0 Å². The zero-order chi connectivity index (χ0) is 21.2. The first-order valence-corrected chi connectivity index (χ1v) is 12.4. The number of nitrogens with zero attached hydrogens (tertiary/aromatic N) is 4. The van der Waals surface area contributed by atoms with E-state index in [0.29, 0.717) is 12.6 Å². The van der Waals surface area contributed by atoms with Crippen LogP contribution in [-0.2, 0) is 6.67 Å². The molecule has 2 fully saturated rings. The molecule has 0 amide bonds. The number of hydrogen-bond donors (Lipinski definition) is 0. The fourth-order valence-electron chi connectivity index (χ4n) is 4.11. The van der Waals surface area contributed by atoms with Gasteiger partial charge in [-0.15, -0.1) is 16.4 Å². The zero-order valence-corrected chi connectivity index (χ0v) is 19.4. The third kappa shape index (κ3) is 4.56. The third-order valence-electron chi connectivity index (χ3n) is 5.84. The van der Waals surface area contributed by atoms with Gasteiger partial charge in [0.2, 0.25) is 0 Å². The summed E-state index contributed by atoms with van der Waals surface area (Å²) in [6.45, 7) is 5.30. The Labute approximate surface area is 192 Å². The molecule has 0 spiro atoms. The van der Waals surface area contributed by atoms with Crippen molar-refractivity contribution in [2.24, 2.45) is 0 Å². The highest BCUT2D eigenvalue weighted by atomic mass is 32.1. The van der Waals surface area contributed by atoms with Crippen LogP contribution in [0, 0.1) is 4.77 Å². The highest BCUT2D eigenvalue weighted by Crippen LogP contribution is 2.39. The largest absolute Gasteiger partial charge is 0.490 e. The number of likely N-dealkylation sites (tertiary alicyclic amines) is 1. The van der Waals surface area contributed by atoms with Crippen LogP contribution < -0.4 is 9.47 Å². The van der Waals surface area contributed by atoms with Crippen LogP contribution in [0.25, 0.3) is 10.7 Å². The maximum Gasteiger partial charge on any atom is 0.199 e. The van der Waals surface area contributed by atoms with Crippen molar-refractivity contribution in [1.82, 2.24) is 19.2 Å². The Bertz CT molecular complexity index is 1060. The molecule has 1 aliphatic heterocycles. The lowest BCUT2D eigenvalue weighted by Gasteiger charge is -2.32. The molecule has 2 aromatic heterocycles. The Morgan fingerprint density at radius 3 is 2.52 bits per heavy atom. The first kappa shape index (κ1) is 20.7. The predicted molar refractivity (Wildman–Crippen MR) is 125 cm³/mol. The summed E-state index contributed by atoms with van der Waals surface area (Å²) in [5.41, 5.74) is 0. The van der Waals surface area contributed by atoms with E-state index in [2.05, 4.69) is 27.0 Å². The number of ether oxygens (including phenoxy) is 2. The number of aromatic nitrogens is 3. The Hall–Kier alpha value is -2.16. The summed E-state index contributed by atoms with van der Waals surface area (Å²) in [6, 6.07) is 12.7. The van der Waals surface area contributed by atoms with Gasteiger partial charge >= 0.3 is 0 Å². The molecule has 2 aliphatic rings. The van der Waals surface area contributed by atoms with Gasteiger partial charge in [0.15, 0.2) is 22.1 Å². The van der Waals surface area contributed by atoms with Gasteiger partial charge in [-0.25, -0.2) is 4.68 Å². The Morgan fingerprint density at radius 2 is 1.84 bits per heavy atom. The molecule has 8 heteroatoms. The first-order chi connectivity index (χ1) is 15.2. The second-order valence-corrected chi connectivity index (χ2v) is 9.45. The minimum atomic E-state index is 0.205. The maximum absolute atomic E-state index is 6.28. The van der Waals surface area contributed by atoms with Crippen molar-refractivity contribution >= 4 is 23.6 Å². The van der Waals surface area contributed by atoms with E-state index in [0.717, 1.165) is 54.7 Å². The summed E-state index contributed by atoms with van der Waals surface area (Å²) in [4.78, 5) is 3.61.